The van der Waals surface area contributed by atoms with E-state index < -0.39 is 0 Å². The topological polar surface area (TPSA) is 78.1 Å². The summed E-state index contributed by atoms with van der Waals surface area (Å²) in [5.41, 5.74) is 0.0412. The number of halogens is 1. The van der Waals surface area contributed by atoms with Crippen LogP contribution in [0.5, 0.6) is 0 Å². The van der Waals surface area contributed by atoms with Gasteiger partial charge in [0.15, 0.2) is 5.69 Å². The molecule has 7 heteroatoms. The van der Waals surface area contributed by atoms with Crippen LogP contribution in [0.15, 0.2) is 29.1 Å². The lowest BCUT2D eigenvalue weighted by atomic mass is 10.1. The molecule has 21 heavy (non-hydrogen) atoms. The van der Waals surface area contributed by atoms with Gasteiger partial charge in [-0.3, -0.25) is 9.59 Å². The Labute approximate surface area is 127 Å². The third-order valence-electron chi connectivity index (χ3n) is 3.66. The van der Waals surface area contributed by atoms with E-state index in [9.17, 15) is 9.59 Å². The van der Waals surface area contributed by atoms with E-state index in [1.165, 1.54) is 0 Å². The molecule has 1 aromatic carbocycles. The summed E-state index contributed by atoms with van der Waals surface area (Å²) in [4.78, 5) is 26.2. The molecule has 1 saturated heterocycles. The van der Waals surface area contributed by atoms with Crippen LogP contribution in [0.25, 0.3) is 10.8 Å². The highest BCUT2D eigenvalue weighted by atomic mass is 35.5. The van der Waals surface area contributed by atoms with Crippen molar-refractivity contribution in [3.63, 3.8) is 0 Å². The average molecular weight is 309 g/mol. The Morgan fingerprint density at radius 3 is 2.76 bits per heavy atom. The molecule has 1 aromatic heterocycles. The largest absolute Gasteiger partial charge is 0.332 e. The number of nitrogens with one attached hydrogen (secondary N) is 2. The third kappa shape index (κ3) is 2.77. The molecule has 1 amide bonds. The number of carbonyl (C=O) groups excluding carboxylic acids is 1. The lowest BCUT2D eigenvalue weighted by Crippen LogP contribution is -2.52. The number of aromatic amines is 1. The minimum atomic E-state index is -0.273. The Morgan fingerprint density at radius 2 is 2.05 bits per heavy atom. The van der Waals surface area contributed by atoms with Gasteiger partial charge in [-0.15, -0.1) is 12.4 Å². The number of hydrogen-bond donors (Lipinski definition) is 2. The molecule has 1 aliphatic rings. The van der Waals surface area contributed by atoms with Crippen LogP contribution in [-0.2, 0) is 0 Å². The zero-order valence-corrected chi connectivity index (χ0v) is 12.4. The van der Waals surface area contributed by atoms with Crippen LogP contribution in [-0.4, -0.2) is 46.7 Å². The fourth-order valence-electron chi connectivity index (χ4n) is 2.56. The van der Waals surface area contributed by atoms with E-state index in [0.29, 0.717) is 23.0 Å². The number of piperazine rings is 1. The number of nitrogens with zero attached hydrogens (tertiary/aromatic N) is 2. The van der Waals surface area contributed by atoms with Crippen LogP contribution in [0.4, 0.5) is 0 Å². The molecular weight excluding hydrogens is 292 g/mol. The monoisotopic (exact) mass is 308 g/mol. The van der Waals surface area contributed by atoms with E-state index in [0.717, 1.165) is 13.1 Å². The van der Waals surface area contributed by atoms with Gasteiger partial charge in [0.25, 0.3) is 11.5 Å². The second kappa shape index (κ2) is 6.24. The van der Waals surface area contributed by atoms with Crippen LogP contribution in [0.3, 0.4) is 0 Å². The van der Waals surface area contributed by atoms with Gasteiger partial charge in [-0.25, -0.2) is 5.10 Å². The van der Waals surface area contributed by atoms with Gasteiger partial charge >= 0.3 is 0 Å². The number of hydrogen-bond acceptors (Lipinski definition) is 4. The zero-order valence-electron chi connectivity index (χ0n) is 11.6. The lowest BCUT2D eigenvalue weighted by molar-refractivity contribution is 0.0650. The molecule has 2 heterocycles. The maximum Gasteiger partial charge on any atom is 0.275 e. The standard InChI is InChI=1S/C14H16N4O2.ClH/c1-9-8-15-6-7-18(9)14(20)12-10-4-2-3-5-11(10)13(19)17-16-12;/h2-5,9,15H,6-8H2,1H3,(H,17,19);1H/t9-;/m0./s1. The van der Waals surface area contributed by atoms with Crippen molar-refractivity contribution < 1.29 is 4.79 Å². The fraction of sp³-hybridized carbons (Fsp3) is 0.357. The van der Waals surface area contributed by atoms with E-state index in [-0.39, 0.29) is 29.9 Å². The van der Waals surface area contributed by atoms with Gasteiger partial charge in [-0.05, 0) is 13.0 Å². The normalized spacial score (nSPS) is 18.3. The first-order chi connectivity index (χ1) is 9.68. The van der Waals surface area contributed by atoms with Crippen molar-refractivity contribution in [2.75, 3.05) is 19.6 Å². The van der Waals surface area contributed by atoms with Gasteiger partial charge in [0.2, 0.25) is 0 Å². The molecule has 2 N–H and O–H groups in total. The molecule has 112 valence electrons. The SMILES string of the molecule is C[C@H]1CNCCN1C(=O)c1n[nH]c(=O)c2ccccc12.Cl. The minimum Gasteiger partial charge on any atom is -0.332 e. The quantitative estimate of drug-likeness (QED) is 0.816. The predicted octanol–water partition coefficient (Wildman–Crippen LogP) is 0.779. The summed E-state index contributed by atoms with van der Waals surface area (Å²) in [7, 11) is 0. The molecule has 6 nitrogen and oxygen atoms in total. The highest BCUT2D eigenvalue weighted by Gasteiger charge is 2.26. The van der Waals surface area contributed by atoms with Crippen molar-refractivity contribution in [3.05, 3.63) is 40.3 Å². The van der Waals surface area contributed by atoms with E-state index in [1.807, 2.05) is 6.92 Å². The van der Waals surface area contributed by atoms with Crippen molar-refractivity contribution in [2.24, 2.45) is 0 Å². The molecule has 0 bridgehead atoms. The fourth-order valence-corrected chi connectivity index (χ4v) is 2.56. The van der Waals surface area contributed by atoms with Crippen molar-refractivity contribution in [2.45, 2.75) is 13.0 Å². The van der Waals surface area contributed by atoms with E-state index in [2.05, 4.69) is 15.5 Å². The summed E-state index contributed by atoms with van der Waals surface area (Å²) in [6.07, 6.45) is 0. The molecule has 3 rings (SSSR count). The van der Waals surface area contributed by atoms with Crippen LogP contribution >= 0.6 is 12.4 Å². The Bertz CT molecular complexity index is 715. The maximum atomic E-state index is 12.6. The Morgan fingerprint density at radius 1 is 1.33 bits per heavy atom. The summed E-state index contributed by atoms with van der Waals surface area (Å²) in [5, 5.41) is 10.7. The van der Waals surface area contributed by atoms with Crippen LogP contribution in [0, 0.1) is 0 Å². The van der Waals surface area contributed by atoms with E-state index >= 15 is 0 Å². The number of carbonyl (C=O) groups is 1. The molecule has 0 unspecified atom stereocenters. The van der Waals surface area contributed by atoms with E-state index in [4.69, 9.17) is 0 Å². The van der Waals surface area contributed by atoms with Gasteiger partial charge in [0.1, 0.15) is 0 Å². The second-order valence-corrected chi connectivity index (χ2v) is 5.00. The predicted molar refractivity (Wildman–Crippen MR) is 83.0 cm³/mol. The van der Waals surface area contributed by atoms with Crippen molar-refractivity contribution in [3.8, 4) is 0 Å². The highest BCUT2D eigenvalue weighted by molar-refractivity contribution is 6.04. The van der Waals surface area contributed by atoms with Gasteiger partial charge in [-0.2, -0.15) is 5.10 Å². The summed E-state index contributed by atoms with van der Waals surface area (Å²) in [6, 6.07) is 7.16. The minimum absolute atomic E-state index is 0. The number of amides is 1. The van der Waals surface area contributed by atoms with E-state index in [1.54, 1.807) is 29.2 Å². The highest BCUT2D eigenvalue weighted by Crippen LogP contribution is 2.16. The van der Waals surface area contributed by atoms with Crippen molar-refractivity contribution in [1.82, 2.24) is 20.4 Å². The number of rotatable bonds is 1. The molecule has 0 radical (unpaired) electrons. The van der Waals surface area contributed by atoms with Crippen LogP contribution < -0.4 is 10.9 Å². The number of H-pyrrole nitrogens is 1. The summed E-state index contributed by atoms with van der Waals surface area (Å²) in [5.74, 6) is -0.133. The molecule has 2 aromatic rings. The van der Waals surface area contributed by atoms with Gasteiger partial charge in [0, 0.05) is 31.1 Å². The second-order valence-electron chi connectivity index (χ2n) is 5.00. The lowest BCUT2D eigenvalue weighted by Gasteiger charge is -2.33. The molecular formula is C14H17ClN4O2. The smallest absolute Gasteiger partial charge is 0.275 e. The molecule has 0 saturated carbocycles. The Kier molecular flexibility index (Phi) is 4.59. The Hall–Kier alpha value is -1.92. The zero-order chi connectivity index (χ0) is 14.1. The molecule has 1 fully saturated rings. The summed E-state index contributed by atoms with van der Waals surface area (Å²) >= 11 is 0. The average Bonchev–Trinajstić information content (AvgIpc) is 2.48. The number of fused-ring (bicyclic) bond motifs is 1. The summed E-state index contributed by atoms with van der Waals surface area (Å²) < 4.78 is 0. The maximum absolute atomic E-state index is 12.6. The number of benzene rings is 1. The molecule has 1 atom stereocenters. The Balaban J connectivity index is 0.00000161. The first-order valence-corrected chi connectivity index (χ1v) is 6.67. The first-order valence-electron chi connectivity index (χ1n) is 6.67. The first kappa shape index (κ1) is 15.5. The van der Waals surface area contributed by atoms with Gasteiger partial charge < -0.3 is 10.2 Å². The van der Waals surface area contributed by atoms with Crippen LogP contribution in [0.2, 0.25) is 0 Å². The number of aromatic nitrogens is 2. The van der Waals surface area contributed by atoms with Crippen molar-refractivity contribution in [1.29, 1.82) is 0 Å². The molecule has 0 aliphatic carbocycles. The van der Waals surface area contributed by atoms with Crippen LogP contribution in [0.1, 0.15) is 17.4 Å². The third-order valence-corrected chi connectivity index (χ3v) is 3.66. The van der Waals surface area contributed by atoms with Crippen molar-refractivity contribution >= 4 is 29.1 Å². The van der Waals surface area contributed by atoms with Gasteiger partial charge in [0.05, 0.1) is 5.39 Å². The molecule has 1 aliphatic heterocycles. The molecule has 0 spiro atoms. The summed E-state index contributed by atoms with van der Waals surface area (Å²) in [6.45, 7) is 4.19. The van der Waals surface area contributed by atoms with Gasteiger partial charge in [-0.1, -0.05) is 18.2 Å².